The quantitative estimate of drug-likeness (QED) is 0.594. The molecule has 0 spiro atoms. The highest BCUT2D eigenvalue weighted by Crippen LogP contribution is 2.16. The standard InChI is InChI=1S/C21H22N6O3/c1-16(20(28)26-11-9-25(10-12-26)18-5-3-2-4-6-18)30-21(29)17-7-8-23-19(13-17)27-15-22-14-24-27/h2-8,13-16H,9-12H2,1H3/t16-/m0/s1. The van der Waals surface area contributed by atoms with Gasteiger partial charge in [-0.15, -0.1) is 0 Å². The minimum atomic E-state index is -0.872. The van der Waals surface area contributed by atoms with Gasteiger partial charge >= 0.3 is 5.97 Å². The maximum Gasteiger partial charge on any atom is 0.339 e. The molecule has 9 heteroatoms. The van der Waals surface area contributed by atoms with Gasteiger partial charge in [-0.1, -0.05) is 18.2 Å². The van der Waals surface area contributed by atoms with Crippen molar-refractivity contribution in [3.8, 4) is 5.82 Å². The number of carbonyl (C=O) groups is 2. The molecule has 30 heavy (non-hydrogen) atoms. The maximum absolute atomic E-state index is 12.8. The SMILES string of the molecule is C[C@H](OC(=O)c1ccnc(-n2cncn2)c1)C(=O)N1CCN(c2ccccc2)CC1. The van der Waals surface area contributed by atoms with Crippen molar-refractivity contribution in [3.05, 3.63) is 66.9 Å². The first-order chi connectivity index (χ1) is 14.6. The van der Waals surface area contributed by atoms with E-state index in [1.807, 2.05) is 18.2 Å². The fraction of sp³-hybridized carbons (Fsp3) is 0.286. The highest BCUT2D eigenvalue weighted by molar-refractivity contribution is 5.92. The number of benzene rings is 1. The number of pyridine rings is 1. The third-order valence-corrected chi connectivity index (χ3v) is 4.98. The molecule has 1 saturated heterocycles. The zero-order valence-electron chi connectivity index (χ0n) is 16.6. The van der Waals surface area contributed by atoms with Crippen molar-refractivity contribution in [2.75, 3.05) is 31.1 Å². The van der Waals surface area contributed by atoms with Crippen molar-refractivity contribution >= 4 is 17.6 Å². The Morgan fingerprint density at radius 3 is 2.53 bits per heavy atom. The van der Waals surface area contributed by atoms with E-state index in [4.69, 9.17) is 4.74 Å². The second-order valence-electron chi connectivity index (χ2n) is 6.94. The lowest BCUT2D eigenvalue weighted by Crippen LogP contribution is -2.51. The molecule has 0 radical (unpaired) electrons. The van der Waals surface area contributed by atoms with Gasteiger partial charge in [-0.25, -0.2) is 19.4 Å². The first-order valence-electron chi connectivity index (χ1n) is 9.72. The van der Waals surface area contributed by atoms with Crippen LogP contribution < -0.4 is 4.90 Å². The van der Waals surface area contributed by atoms with Gasteiger partial charge in [0.15, 0.2) is 11.9 Å². The van der Waals surface area contributed by atoms with Crippen LogP contribution in [0.1, 0.15) is 17.3 Å². The summed E-state index contributed by atoms with van der Waals surface area (Å²) in [6, 6.07) is 13.2. The predicted octanol–water partition coefficient (Wildman–Crippen LogP) is 1.56. The molecule has 154 valence electrons. The van der Waals surface area contributed by atoms with Crippen LogP contribution in [-0.4, -0.2) is 68.8 Å². The fourth-order valence-electron chi connectivity index (χ4n) is 3.36. The van der Waals surface area contributed by atoms with Crippen LogP contribution in [0.2, 0.25) is 0 Å². The Morgan fingerprint density at radius 2 is 1.83 bits per heavy atom. The van der Waals surface area contributed by atoms with Crippen molar-refractivity contribution in [2.24, 2.45) is 0 Å². The Kier molecular flexibility index (Phi) is 5.69. The summed E-state index contributed by atoms with van der Waals surface area (Å²) in [6.07, 6.45) is 3.48. The lowest BCUT2D eigenvalue weighted by Gasteiger charge is -2.37. The van der Waals surface area contributed by atoms with Gasteiger partial charge in [0.05, 0.1) is 5.56 Å². The number of rotatable bonds is 5. The molecule has 0 saturated carbocycles. The van der Waals surface area contributed by atoms with Crippen LogP contribution in [0.4, 0.5) is 5.69 Å². The van der Waals surface area contributed by atoms with Gasteiger partial charge in [-0.05, 0) is 31.2 Å². The second-order valence-corrected chi connectivity index (χ2v) is 6.94. The number of piperazine rings is 1. The van der Waals surface area contributed by atoms with Gasteiger partial charge in [0, 0.05) is 38.1 Å². The van der Waals surface area contributed by atoms with E-state index < -0.39 is 12.1 Å². The molecule has 9 nitrogen and oxygen atoms in total. The van der Waals surface area contributed by atoms with Crippen LogP contribution in [0, 0.1) is 0 Å². The fourth-order valence-corrected chi connectivity index (χ4v) is 3.36. The van der Waals surface area contributed by atoms with E-state index in [0.717, 1.165) is 18.8 Å². The largest absolute Gasteiger partial charge is 0.449 e. The average molecular weight is 406 g/mol. The van der Waals surface area contributed by atoms with Gasteiger partial charge in [-0.3, -0.25) is 4.79 Å². The topological polar surface area (TPSA) is 93.4 Å². The molecule has 1 aromatic carbocycles. The summed E-state index contributed by atoms with van der Waals surface area (Å²) in [4.78, 5) is 37.3. The van der Waals surface area contributed by atoms with Crippen molar-refractivity contribution in [2.45, 2.75) is 13.0 Å². The molecule has 1 aliphatic rings. The summed E-state index contributed by atoms with van der Waals surface area (Å²) in [5, 5.41) is 3.99. The molecule has 1 aliphatic heterocycles. The number of hydrogen-bond donors (Lipinski definition) is 0. The molecular formula is C21H22N6O3. The number of para-hydroxylation sites is 1. The van der Waals surface area contributed by atoms with Gasteiger partial charge in [0.2, 0.25) is 0 Å². The summed E-state index contributed by atoms with van der Waals surface area (Å²) in [6.45, 7) is 4.25. The van der Waals surface area contributed by atoms with Crippen LogP contribution in [0.15, 0.2) is 61.3 Å². The van der Waals surface area contributed by atoms with E-state index in [2.05, 4.69) is 32.1 Å². The van der Waals surface area contributed by atoms with Gasteiger partial charge in [0.1, 0.15) is 12.7 Å². The van der Waals surface area contributed by atoms with Gasteiger partial charge < -0.3 is 14.5 Å². The predicted molar refractivity (Wildman–Crippen MR) is 109 cm³/mol. The lowest BCUT2D eigenvalue weighted by molar-refractivity contribution is -0.140. The molecule has 0 N–H and O–H groups in total. The molecule has 0 bridgehead atoms. The Labute approximate surface area is 173 Å². The zero-order valence-corrected chi connectivity index (χ0v) is 16.6. The smallest absolute Gasteiger partial charge is 0.339 e. The van der Waals surface area contributed by atoms with E-state index in [9.17, 15) is 9.59 Å². The maximum atomic E-state index is 12.8. The number of ether oxygens (including phenoxy) is 1. The summed E-state index contributed by atoms with van der Waals surface area (Å²) < 4.78 is 6.86. The number of hydrogen-bond acceptors (Lipinski definition) is 7. The summed E-state index contributed by atoms with van der Waals surface area (Å²) in [7, 11) is 0. The first kappa shape index (κ1) is 19.6. The van der Waals surface area contributed by atoms with E-state index >= 15 is 0 Å². The summed E-state index contributed by atoms with van der Waals surface area (Å²) >= 11 is 0. The highest BCUT2D eigenvalue weighted by atomic mass is 16.5. The van der Waals surface area contributed by atoms with Crippen LogP contribution >= 0.6 is 0 Å². The average Bonchev–Trinajstić information content (AvgIpc) is 3.34. The van der Waals surface area contributed by atoms with Gasteiger partial charge in [0.25, 0.3) is 5.91 Å². The Bertz CT molecular complexity index is 1000. The molecule has 2 aromatic heterocycles. The van der Waals surface area contributed by atoms with E-state index in [0.29, 0.717) is 24.5 Å². The molecule has 1 atom stereocenters. The third-order valence-electron chi connectivity index (χ3n) is 4.98. The van der Waals surface area contributed by atoms with E-state index in [1.165, 1.54) is 23.5 Å². The molecule has 0 unspecified atom stereocenters. The van der Waals surface area contributed by atoms with Crippen LogP contribution in [0.3, 0.4) is 0 Å². The summed E-state index contributed by atoms with van der Waals surface area (Å²) in [5.41, 5.74) is 1.44. The number of esters is 1. The Balaban J connectivity index is 1.34. The van der Waals surface area contributed by atoms with Crippen molar-refractivity contribution < 1.29 is 14.3 Å². The molecule has 0 aliphatic carbocycles. The summed E-state index contributed by atoms with van der Waals surface area (Å²) in [5.74, 6) is -0.331. The molecule has 1 fully saturated rings. The minimum absolute atomic E-state index is 0.193. The van der Waals surface area contributed by atoms with Gasteiger partial charge in [-0.2, -0.15) is 5.10 Å². The molecule has 3 heterocycles. The van der Waals surface area contributed by atoms with E-state index in [1.54, 1.807) is 24.0 Å². The number of aromatic nitrogens is 4. The molecule has 4 rings (SSSR count). The van der Waals surface area contributed by atoms with Crippen molar-refractivity contribution in [1.29, 1.82) is 0 Å². The minimum Gasteiger partial charge on any atom is -0.449 e. The highest BCUT2D eigenvalue weighted by Gasteiger charge is 2.27. The molecule has 1 amide bonds. The van der Waals surface area contributed by atoms with Crippen molar-refractivity contribution in [1.82, 2.24) is 24.6 Å². The second kappa shape index (κ2) is 8.73. The number of amides is 1. The number of anilines is 1. The van der Waals surface area contributed by atoms with Crippen LogP contribution in [0.5, 0.6) is 0 Å². The Morgan fingerprint density at radius 1 is 1.07 bits per heavy atom. The lowest BCUT2D eigenvalue weighted by atomic mass is 10.2. The monoisotopic (exact) mass is 406 g/mol. The van der Waals surface area contributed by atoms with Crippen LogP contribution in [0.25, 0.3) is 5.82 Å². The molecule has 3 aromatic rings. The van der Waals surface area contributed by atoms with E-state index in [-0.39, 0.29) is 5.91 Å². The van der Waals surface area contributed by atoms with Crippen molar-refractivity contribution in [3.63, 3.8) is 0 Å². The number of nitrogens with zero attached hydrogens (tertiary/aromatic N) is 6. The Hall–Kier alpha value is -3.75. The normalized spacial score (nSPS) is 15.0. The third kappa shape index (κ3) is 4.29. The molecular weight excluding hydrogens is 384 g/mol. The first-order valence-corrected chi connectivity index (χ1v) is 9.72. The zero-order chi connectivity index (χ0) is 20.9. The number of carbonyl (C=O) groups excluding carboxylic acids is 2. The van der Waals surface area contributed by atoms with Crippen LogP contribution in [-0.2, 0) is 9.53 Å².